The zero-order chi connectivity index (χ0) is 19.2. The summed E-state index contributed by atoms with van der Waals surface area (Å²) in [6.07, 6.45) is 3.18. The Bertz CT molecular complexity index is 701. The summed E-state index contributed by atoms with van der Waals surface area (Å²) in [6.45, 7) is 2.50. The predicted molar refractivity (Wildman–Crippen MR) is 103 cm³/mol. The molecule has 0 aliphatic carbocycles. The standard InChI is InChI=1S/C20H26ClN3O3/c21-17-4-2-1-3-15(17)5-6-19(26)24-9-7-14(8-10-24)12-23-20(27)16-11-18(25)22-13-16/h1-4,14,16H,5-13H2,(H,22,25)(H,23,27). The van der Waals surface area contributed by atoms with Crippen LogP contribution in [0, 0.1) is 11.8 Å². The number of halogens is 1. The maximum atomic E-state index is 12.4. The normalized spacial score (nSPS) is 20.4. The molecule has 0 aromatic heterocycles. The van der Waals surface area contributed by atoms with E-state index in [1.54, 1.807) is 0 Å². The van der Waals surface area contributed by atoms with Gasteiger partial charge in [0.2, 0.25) is 17.7 Å². The lowest BCUT2D eigenvalue weighted by Crippen LogP contribution is -2.42. The van der Waals surface area contributed by atoms with Crippen molar-refractivity contribution < 1.29 is 14.4 Å². The monoisotopic (exact) mass is 391 g/mol. The highest BCUT2D eigenvalue weighted by Gasteiger charge is 2.29. The Morgan fingerprint density at radius 1 is 1.22 bits per heavy atom. The molecule has 3 amide bonds. The lowest BCUT2D eigenvalue weighted by atomic mass is 9.96. The minimum absolute atomic E-state index is 0.0494. The molecular weight excluding hydrogens is 366 g/mol. The highest BCUT2D eigenvalue weighted by Crippen LogP contribution is 2.20. The molecule has 6 nitrogen and oxygen atoms in total. The molecule has 1 aromatic rings. The van der Waals surface area contributed by atoms with Gasteiger partial charge in [-0.05, 0) is 36.8 Å². The fraction of sp³-hybridized carbons (Fsp3) is 0.550. The van der Waals surface area contributed by atoms with Crippen LogP contribution in [0.2, 0.25) is 5.02 Å². The van der Waals surface area contributed by atoms with Crippen molar-refractivity contribution in [3.05, 3.63) is 34.9 Å². The summed E-state index contributed by atoms with van der Waals surface area (Å²) >= 11 is 6.15. The van der Waals surface area contributed by atoms with Crippen LogP contribution < -0.4 is 10.6 Å². The van der Waals surface area contributed by atoms with Gasteiger partial charge in [0.15, 0.2) is 0 Å². The molecule has 0 spiro atoms. The number of carbonyl (C=O) groups is 3. The number of hydrogen-bond acceptors (Lipinski definition) is 3. The van der Waals surface area contributed by atoms with Gasteiger partial charge in [0.25, 0.3) is 0 Å². The van der Waals surface area contributed by atoms with Gasteiger partial charge in [-0.25, -0.2) is 0 Å². The molecule has 0 bridgehead atoms. The van der Waals surface area contributed by atoms with Gasteiger partial charge in [-0.2, -0.15) is 0 Å². The van der Waals surface area contributed by atoms with E-state index >= 15 is 0 Å². The number of carbonyl (C=O) groups excluding carboxylic acids is 3. The topological polar surface area (TPSA) is 78.5 Å². The Morgan fingerprint density at radius 3 is 2.63 bits per heavy atom. The number of aryl methyl sites for hydroxylation is 1. The van der Waals surface area contributed by atoms with Crippen molar-refractivity contribution in [2.45, 2.75) is 32.1 Å². The lowest BCUT2D eigenvalue weighted by molar-refractivity contribution is -0.132. The fourth-order valence-corrected chi connectivity index (χ4v) is 3.90. The van der Waals surface area contributed by atoms with Crippen LogP contribution in [0.5, 0.6) is 0 Å². The highest BCUT2D eigenvalue weighted by atomic mass is 35.5. The molecule has 7 heteroatoms. The SMILES string of the molecule is O=C1CC(C(=O)NCC2CCN(C(=O)CCc3ccccc3Cl)CC2)CN1. The van der Waals surface area contributed by atoms with Crippen molar-refractivity contribution in [1.82, 2.24) is 15.5 Å². The van der Waals surface area contributed by atoms with Crippen molar-refractivity contribution in [3.63, 3.8) is 0 Å². The van der Waals surface area contributed by atoms with Gasteiger partial charge in [-0.1, -0.05) is 29.8 Å². The molecule has 3 rings (SSSR count). The predicted octanol–water partition coefficient (Wildman–Crippen LogP) is 1.76. The van der Waals surface area contributed by atoms with E-state index in [-0.39, 0.29) is 30.1 Å². The van der Waals surface area contributed by atoms with Gasteiger partial charge in [0.1, 0.15) is 0 Å². The maximum absolute atomic E-state index is 12.4. The number of nitrogens with zero attached hydrogens (tertiary/aromatic N) is 1. The number of hydrogen-bond donors (Lipinski definition) is 2. The summed E-state index contributed by atoms with van der Waals surface area (Å²) in [4.78, 5) is 37.6. The first-order valence-electron chi connectivity index (χ1n) is 9.58. The van der Waals surface area contributed by atoms with Crippen LogP contribution in [0.15, 0.2) is 24.3 Å². The number of benzene rings is 1. The lowest BCUT2D eigenvalue weighted by Gasteiger charge is -2.32. The van der Waals surface area contributed by atoms with E-state index in [0.29, 0.717) is 36.9 Å². The van der Waals surface area contributed by atoms with Crippen molar-refractivity contribution in [2.75, 3.05) is 26.2 Å². The van der Waals surface area contributed by atoms with Crippen LogP contribution in [-0.2, 0) is 20.8 Å². The molecule has 2 aliphatic rings. The van der Waals surface area contributed by atoms with E-state index in [1.165, 1.54) is 0 Å². The van der Waals surface area contributed by atoms with Gasteiger partial charge < -0.3 is 15.5 Å². The third-order valence-electron chi connectivity index (χ3n) is 5.45. The molecule has 2 fully saturated rings. The number of nitrogens with one attached hydrogen (secondary N) is 2. The van der Waals surface area contributed by atoms with Gasteiger partial charge in [0, 0.05) is 44.0 Å². The van der Waals surface area contributed by atoms with Crippen molar-refractivity contribution >= 4 is 29.3 Å². The average molecular weight is 392 g/mol. The van der Waals surface area contributed by atoms with E-state index < -0.39 is 0 Å². The summed E-state index contributed by atoms with van der Waals surface area (Å²) in [5, 5.41) is 6.35. The van der Waals surface area contributed by atoms with Crippen LogP contribution in [0.3, 0.4) is 0 Å². The van der Waals surface area contributed by atoms with Gasteiger partial charge >= 0.3 is 0 Å². The van der Waals surface area contributed by atoms with Gasteiger partial charge in [-0.15, -0.1) is 0 Å². The summed E-state index contributed by atoms with van der Waals surface area (Å²) in [5.74, 6) is 0.189. The van der Waals surface area contributed by atoms with Gasteiger partial charge in [0.05, 0.1) is 5.92 Å². The molecular formula is C20H26ClN3O3. The first kappa shape index (κ1) is 19.7. The number of rotatable bonds is 6. The number of piperidine rings is 1. The molecule has 1 unspecified atom stereocenters. The average Bonchev–Trinajstić information content (AvgIpc) is 3.12. The minimum Gasteiger partial charge on any atom is -0.356 e. The molecule has 1 atom stereocenters. The van der Waals surface area contributed by atoms with Crippen molar-refractivity contribution in [1.29, 1.82) is 0 Å². The smallest absolute Gasteiger partial charge is 0.225 e. The molecule has 2 heterocycles. The Balaban J connectivity index is 1.36. The molecule has 27 heavy (non-hydrogen) atoms. The Morgan fingerprint density at radius 2 is 1.96 bits per heavy atom. The van der Waals surface area contributed by atoms with Crippen LogP contribution in [0.4, 0.5) is 0 Å². The Labute approximate surface area is 164 Å². The fourth-order valence-electron chi connectivity index (χ4n) is 3.67. The quantitative estimate of drug-likeness (QED) is 0.775. The van der Waals surface area contributed by atoms with Crippen molar-refractivity contribution in [3.8, 4) is 0 Å². The molecule has 0 saturated carbocycles. The second kappa shape index (κ2) is 9.22. The zero-order valence-electron chi connectivity index (χ0n) is 15.4. The first-order chi connectivity index (χ1) is 13.0. The first-order valence-corrected chi connectivity index (χ1v) is 9.96. The maximum Gasteiger partial charge on any atom is 0.225 e. The molecule has 0 radical (unpaired) electrons. The van der Waals surface area contributed by atoms with E-state index in [4.69, 9.17) is 11.6 Å². The largest absolute Gasteiger partial charge is 0.356 e. The molecule has 2 saturated heterocycles. The number of likely N-dealkylation sites (tertiary alicyclic amines) is 1. The van der Waals surface area contributed by atoms with Gasteiger partial charge in [-0.3, -0.25) is 14.4 Å². The zero-order valence-corrected chi connectivity index (χ0v) is 16.1. The summed E-state index contributed by atoms with van der Waals surface area (Å²) in [5.41, 5.74) is 1.00. The summed E-state index contributed by atoms with van der Waals surface area (Å²) < 4.78 is 0. The van der Waals surface area contributed by atoms with E-state index in [9.17, 15) is 14.4 Å². The van der Waals surface area contributed by atoms with Crippen LogP contribution >= 0.6 is 11.6 Å². The highest BCUT2D eigenvalue weighted by molar-refractivity contribution is 6.31. The molecule has 1 aromatic carbocycles. The third-order valence-corrected chi connectivity index (χ3v) is 5.82. The second-order valence-corrected chi connectivity index (χ2v) is 7.77. The molecule has 2 N–H and O–H groups in total. The minimum atomic E-state index is -0.246. The Kier molecular flexibility index (Phi) is 6.72. The summed E-state index contributed by atoms with van der Waals surface area (Å²) in [6, 6.07) is 7.62. The second-order valence-electron chi connectivity index (χ2n) is 7.37. The molecule has 2 aliphatic heterocycles. The van der Waals surface area contributed by atoms with E-state index in [2.05, 4.69) is 10.6 Å². The van der Waals surface area contributed by atoms with E-state index in [0.717, 1.165) is 31.5 Å². The van der Waals surface area contributed by atoms with E-state index in [1.807, 2.05) is 29.2 Å². The third kappa shape index (κ3) is 5.45. The van der Waals surface area contributed by atoms with Crippen LogP contribution in [0.25, 0.3) is 0 Å². The number of amides is 3. The summed E-state index contributed by atoms with van der Waals surface area (Å²) in [7, 11) is 0. The van der Waals surface area contributed by atoms with Crippen molar-refractivity contribution in [2.24, 2.45) is 11.8 Å². The van der Waals surface area contributed by atoms with Crippen LogP contribution in [-0.4, -0.2) is 48.8 Å². The molecule has 146 valence electrons. The Hall–Kier alpha value is -2.08. The van der Waals surface area contributed by atoms with Crippen LogP contribution in [0.1, 0.15) is 31.2 Å².